The third-order valence-electron chi connectivity index (χ3n) is 3.18. The Morgan fingerprint density at radius 3 is 2.65 bits per heavy atom. The van der Waals surface area contributed by atoms with Crippen molar-refractivity contribution in [2.75, 3.05) is 25.1 Å². The number of nitrogens with one attached hydrogen (secondary N) is 1. The highest BCUT2D eigenvalue weighted by Crippen LogP contribution is 2.27. The first-order valence-corrected chi connectivity index (χ1v) is 8.49. The van der Waals surface area contributed by atoms with Crippen LogP contribution in [0.4, 0.5) is 5.69 Å². The Kier molecular flexibility index (Phi) is 7.37. The summed E-state index contributed by atoms with van der Waals surface area (Å²) in [6.07, 6.45) is 2.19. The van der Waals surface area contributed by atoms with Gasteiger partial charge in [0.1, 0.15) is 18.1 Å². The molecule has 0 fully saturated rings. The fourth-order valence-corrected chi connectivity index (χ4v) is 2.44. The summed E-state index contributed by atoms with van der Waals surface area (Å²) >= 11 is 11.9. The Morgan fingerprint density at radius 2 is 1.87 bits per heavy atom. The molecule has 2 aromatic rings. The largest absolute Gasteiger partial charge is 0.494 e. The lowest BCUT2D eigenvalue weighted by atomic mass is 10.3. The summed E-state index contributed by atoms with van der Waals surface area (Å²) in [6.45, 7) is 4.06. The van der Waals surface area contributed by atoms with Gasteiger partial charge in [-0.2, -0.15) is 0 Å². The molecule has 0 aromatic heterocycles. The van der Waals surface area contributed by atoms with Crippen molar-refractivity contribution in [2.45, 2.75) is 19.8 Å². The predicted molar refractivity (Wildman–Crippen MR) is 97.3 cm³/mol. The first kappa shape index (κ1) is 17.8. The molecule has 3 nitrogen and oxygen atoms in total. The second-order valence-corrected chi connectivity index (χ2v) is 5.92. The fraction of sp³-hybridized carbons (Fsp3) is 0.333. The van der Waals surface area contributed by atoms with E-state index in [1.807, 2.05) is 24.3 Å². The predicted octanol–water partition coefficient (Wildman–Crippen LogP) is 5.66. The van der Waals surface area contributed by atoms with Crippen molar-refractivity contribution in [3.05, 3.63) is 52.5 Å². The first-order valence-electron chi connectivity index (χ1n) is 7.73. The topological polar surface area (TPSA) is 30.5 Å². The Hall–Kier alpha value is -1.58. The molecule has 124 valence electrons. The quantitative estimate of drug-likeness (QED) is 0.589. The zero-order valence-corrected chi connectivity index (χ0v) is 14.7. The molecule has 0 radical (unpaired) electrons. The molecule has 0 aliphatic heterocycles. The molecule has 0 spiro atoms. The highest BCUT2D eigenvalue weighted by Gasteiger charge is 2.02. The minimum absolute atomic E-state index is 0.502. The van der Waals surface area contributed by atoms with E-state index in [4.69, 9.17) is 32.7 Å². The molecule has 0 saturated carbocycles. The first-order chi connectivity index (χ1) is 11.2. The Labute approximate surface area is 147 Å². The van der Waals surface area contributed by atoms with E-state index in [0.29, 0.717) is 28.9 Å². The van der Waals surface area contributed by atoms with Crippen molar-refractivity contribution in [3.63, 3.8) is 0 Å². The van der Waals surface area contributed by atoms with Crippen LogP contribution in [0.2, 0.25) is 10.0 Å². The van der Waals surface area contributed by atoms with Crippen molar-refractivity contribution in [2.24, 2.45) is 0 Å². The second kappa shape index (κ2) is 9.53. The molecule has 0 aliphatic carbocycles. The van der Waals surface area contributed by atoms with Crippen molar-refractivity contribution in [1.82, 2.24) is 0 Å². The zero-order chi connectivity index (χ0) is 16.5. The van der Waals surface area contributed by atoms with Gasteiger partial charge in [-0.15, -0.1) is 0 Å². The van der Waals surface area contributed by atoms with E-state index in [1.54, 1.807) is 18.2 Å². The van der Waals surface area contributed by atoms with Crippen molar-refractivity contribution in [3.8, 4) is 11.5 Å². The molecule has 0 bridgehead atoms. The molecule has 0 atom stereocenters. The van der Waals surface area contributed by atoms with Gasteiger partial charge in [0.2, 0.25) is 0 Å². The van der Waals surface area contributed by atoms with Crippen molar-refractivity contribution < 1.29 is 9.47 Å². The third-order valence-corrected chi connectivity index (χ3v) is 3.71. The lowest BCUT2D eigenvalue weighted by molar-refractivity contribution is 0.309. The summed E-state index contributed by atoms with van der Waals surface area (Å²) in [4.78, 5) is 0. The minimum atomic E-state index is 0.502. The van der Waals surface area contributed by atoms with E-state index in [2.05, 4.69) is 12.2 Å². The Balaban J connectivity index is 1.76. The van der Waals surface area contributed by atoms with E-state index in [0.717, 1.165) is 30.9 Å². The van der Waals surface area contributed by atoms with Crippen LogP contribution in [0, 0.1) is 0 Å². The molecule has 1 N–H and O–H groups in total. The number of halogens is 2. The summed E-state index contributed by atoms with van der Waals surface area (Å²) in [5.74, 6) is 1.51. The maximum absolute atomic E-state index is 6.06. The standard InChI is InChI=1S/C18H21Cl2NO2/c1-2-3-10-22-16-6-4-5-15(13-16)21-9-11-23-18-8-7-14(19)12-17(18)20/h4-8,12-13,21H,2-3,9-11H2,1H3. The van der Waals surface area contributed by atoms with Gasteiger partial charge in [0, 0.05) is 23.3 Å². The number of rotatable bonds is 9. The van der Waals surface area contributed by atoms with Crippen LogP contribution in [0.1, 0.15) is 19.8 Å². The van der Waals surface area contributed by atoms with Gasteiger partial charge in [-0.1, -0.05) is 42.6 Å². The monoisotopic (exact) mass is 353 g/mol. The van der Waals surface area contributed by atoms with Crippen LogP contribution >= 0.6 is 23.2 Å². The van der Waals surface area contributed by atoms with Gasteiger partial charge in [-0.3, -0.25) is 0 Å². The molecule has 0 amide bonds. The van der Waals surface area contributed by atoms with E-state index in [-0.39, 0.29) is 0 Å². The average molecular weight is 354 g/mol. The molecule has 2 rings (SSSR count). The zero-order valence-electron chi connectivity index (χ0n) is 13.1. The molecular weight excluding hydrogens is 333 g/mol. The molecule has 2 aromatic carbocycles. The SMILES string of the molecule is CCCCOc1cccc(NCCOc2ccc(Cl)cc2Cl)c1. The van der Waals surface area contributed by atoms with Crippen LogP contribution in [-0.4, -0.2) is 19.8 Å². The van der Waals surface area contributed by atoms with Crippen LogP contribution in [0.15, 0.2) is 42.5 Å². The van der Waals surface area contributed by atoms with Gasteiger partial charge in [-0.05, 0) is 36.8 Å². The molecule has 5 heteroatoms. The molecule has 0 heterocycles. The highest BCUT2D eigenvalue weighted by molar-refractivity contribution is 6.35. The number of ether oxygens (including phenoxy) is 2. The summed E-state index contributed by atoms with van der Waals surface area (Å²) in [5.41, 5.74) is 1.00. The number of anilines is 1. The van der Waals surface area contributed by atoms with Gasteiger partial charge in [0.05, 0.1) is 11.6 Å². The molecular formula is C18H21Cl2NO2. The molecule has 0 saturated heterocycles. The molecule has 0 unspecified atom stereocenters. The normalized spacial score (nSPS) is 10.4. The summed E-state index contributed by atoms with van der Waals surface area (Å²) < 4.78 is 11.3. The van der Waals surface area contributed by atoms with Gasteiger partial charge in [0.25, 0.3) is 0 Å². The fourth-order valence-electron chi connectivity index (χ4n) is 1.98. The summed E-state index contributed by atoms with van der Waals surface area (Å²) in [5, 5.41) is 4.42. The maximum Gasteiger partial charge on any atom is 0.138 e. The molecule has 23 heavy (non-hydrogen) atoms. The van der Waals surface area contributed by atoms with Crippen LogP contribution in [-0.2, 0) is 0 Å². The second-order valence-electron chi connectivity index (χ2n) is 5.08. The minimum Gasteiger partial charge on any atom is -0.494 e. The lowest BCUT2D eigenvalue weighted by Crippen LogP contribution is -2.11. The Bertz CT molecular complexity index is 620. The molecule has 0 aliphatic rings. The lowest BCUT2D eigenvalue weighted by Gasteiger charge is -2.11. The number of hydrogen-bond donors (Lipinski definition) is 1. The van der Waals surface area contributed by atoms with E-state index >= 15 is 0 Å². The van der Waals surface area contributed by atoms with Gasteiger partial charge < -0.3 is 14.8 Å². The van der Waals surface area contributed by atoms with E-state index < -0.39 is 0 Å². The van der Waals surface area contributed by atoms with Gasteiger partial charge in [0.15, 0.2) is 0 Å². The van der Waals surface area contributed by atoms with Crippen LogP contribution in [0.5, 0.6) is 11.5 Å². The van der Waals surface area contributed by atoms with Crippen LogP contribution < -0.4 is 14.8 Å². The number of unbranched alkanes of at least 4 members (excludes halogenated alkanes) is 1. The maximum atomic E-state index is 6.06. The number of benzene rings is 2. The van der Waals surface area contributed by atoms with Gasteiger partial charge >= 0.3 is 0 Å². The summed E-state index contributed by atoms with van der Waals surface area (Å²) in [6, 6.07) is 13.1. The van der Waals surface area contributed by atoms with E-state index in [1.165, 1.54) is 0 Å². The highest BCUT2D eigenvalue weighted by atomic mass is 35.5. The average Bonchev–Trinajstić information content (AvgIpc) is 2.54. The third kappa shape index (κ3) is 6.20. The Morgan fingerprint density at radius 1 is 1.00 bits per heavy atom. The van der Waals surface area contributed by atoms with Crippen molar-refractivity contribution >= 4 is 28.9 Å². The van der Waals surface area contributed by atoms with Crippen LogP contribution in [0.25, 0.3) is 0 Å². The summed E-state index contributed by atoms with van der Waals surface area (Å²) in [7, 11) is 0. The van der Waals surface area contributed by atoms with Gasteiger partial charge in [-0.25, -0.2) is 0 Å². The number of hydrogen-bond acceptors (Lipinski definition) is 3. The van der Waals surface area contributed by atoms with Crippen molar-refractivity contribution in [1.29, 1.82) is 0 Å². The van der Waals surface area contributed by atoms with E-state index in [9.17, 15) is 0 Å². The smallest absolute Gasteiger partial charge is 0.138 e. The van der Waals surface area contributed by atoms with Crippen LogP contribution in [0.3, 0.4) is 0 Å².